The fourth-order valence-corrected chi connectivity index (χ4v) is 3.76. The molecule has 3 aromatic rings. The van der Waals surface area contributed by atoms with E-state index >= 15 is 0 Å². The molecule has 0 spiro atoms. The van der Waals surface area contributed by atoms with Gasteiger partial charge in [0.15, 0.2) is 0 Å². The van der Waals surface area contributed by atoms with Crippen molar-refractivity contribution >= 4 is 11.6 Å². The number of imidazole rings is 1. The standard InChI is InChI=1S/C24H30N4O3/c1-18-4-9-22-26-20(15-27(22)14-18)16-31-21-7-5-19(6-8-21)23(29)25-17-24(2,3)28-10-12-30-13-11-28/h4-9,14-15H,10-13,16-17H2,1-3H3,(H,25,29). The smallest absolute Gasteiger partial charge is 0.251 e. The maximum atomic E-state index is 12.6. The van der Waals surface area contributed by atoms with Crippen molar-refractivity contribution in [1.82, 2.24) is 19.6 Å². The summed E-state index contributed by atoms with van der Waals surface area (Å²) in [5.74, 6) is 0.627. The lowest BCUT2D eigenvalue weighted by atomic mass is 10.0. The molecule has 7 heteroatoms. The molecular formula is C24H30N4O3. The molecule has 1 fully saturated rings. The van der Waals surface area contributed by atoms with Crippen LogP contribution in [0.2, 0.25) is 0 Å². The molecule has 4 rings (SSSR count). The monoisotopic (exact) mass is 422 g/mol. The van der Waals surface area contributed by atoms with Gasteiger partial charge >= 0.3 is 0 Å². The fraction of sp³-hybridized carbons (Fsp3) is 0.417. The molecular weight excluding hydrogens is 392 g/mol. The number of ether oxygens (including phenoxy) is 2. The van der Waals surface area contributed by atoms with Crippen LogP contribution in [0.25, 0.3) is 5.65 Å². The Balaban J connectivity index is 1.30. The molecule has 2 aromatic heterocycles. The van der Waals surface area contributed by atoms with E-state index in [1.807, 2.05) is 41.1 Å². The molecule has 1 amide bonds. The Bertz CT molecular complexity index is 1040. The van der Waals surface area contributed by atoms with Crippen molar-refractivity contribution in [2.45, 2.75) is 32.9 Å². The summed E-state index contributed by atoms with van der Waals surface area (Å²) in [4.78, 5) is 19.5. The number of pyridine rings is 1. The Morgan fingerprint density at radius 2 is 1.87 bits per heavy atom. The van der Waals surface area contributed by atoms with E-state index in [2.05, 4.69) is 36.0 Å². The lowest BCUT2D eigenvalue weighted by Gasteiger charge is -2.40. The van der Waals surface area contributed by atoms with Gasteiger partial charge in [-0.05, 0) is 56.7 Å². The summed E-state index contributed by atoms with van der Waals surface area (Å²) < 4.78 is 13.3. The molecule has 1 aliphatic rings. The third kappa shape index (κ3) is 5.24. The van der Waals surface area contributed by atoms with Crippen LogP contribution >= 0.6 is 0 Å². The Labute approximate surface area is 183 Å². The normalized spacial score (nSPS) is 15.2. The van der Waals surface area contributed by atoms with Gasteiger partial charge in [-0.15, -0.1) is 0 Å². The van der Waals surface area contributed by atoms with E-state index in [1.54, 1.807) is 12.1 Å². The van der Waals surface area contributed by atoms with E-state index < -0.39 is 0 Å². The van der Waals surface area contributed by atoms with Crippen LogP contribution in [0.4, 0.5) is 0 Å². The summed E-state index contributed by atoms with van der Waals surface area (Å²) in [6.45, 7) is 10.6. The number of hydrogen-bond donors (Lipinski definition) is 1. The van der Waals surface area contributed by atoms with Gasteiger partial charge in [0, 0.05) is 43.1 Å². The van der Waals surface area contributed by atoms with E-state index in [-0.39, 0.29) is 11.4 Å². The van der Waals surface area contributed by atoms with Crippen LogP contribution in [-0.4, -0.2) is 58.6 Å². The zero-order chi connectivity index (χ0) is 21.8. The van der Waals surface area contributed by atoms with Gasteiger partial charge < -0.3 is 19.2 Å². The van der Waals surface area contributed by atoms with Gasteiger partial charge in [0.2, 0.25) is 0 Å². The summed E-state index contributed by atoms with van der Waals surface area (Å²) in [7, 11) is 0. The minimum absolute atomic E-state index is 0.0800. The second-order valence-corrected chi connectivity index (χ2v) is 8.61. The number of hydrogen-bond acceptors (Lipinski definition) is 5. The Hall–Kier alpha value is -2.90. The molecule has 0 saturated carbocycles. The zero-order valence-corrected chi connectivity index (χ0v) is 18.4. The maximum Gasteiger partial charge on any atom is 0.251 e. The molecule has 3 heterocycles. The Morgan fingerprint density at radius 1 is 1.13 bits per heavy atom. The molecule has 1 N–H and O–H groups in total. The Morgan fingerprint density at radius 3 is 2.61 bits per heavy atom. The third-order valence-corrected chi connectivity index (χ3v) is 5.70. The van der Waals surface area contributed by atoms with Crippen molar-refractivity contribution in [2.75, 3.05) is 32.8 Å². The lowest BCUT2D eigenvalue weighted by Crippen LogP contribution is -2.55. The van der Waals surface area contributed by atoms with Crippen molar-refractivity contribution in [2.24, 2.45) is 0 Å². The number of nitrogens with one attached hydrogen (secondary N) is 1. The van der Waals surface area contributed by atoms with Gasteiger partial charge in [-0.1, -0.05) is 6.07 Å². The number of fused-ring (bicyclic) bond motifs is 1. The van der Waals surface area contributed by atoms with Crippen LogP contribution in [0.1, 0.15) is 35.5 Å². The number of morpholine rings is 1. The first-order valence-corrected chi connectivity index (χ1v) is 10.7. The van der Waals surface area contributed by atoms with Crippen LogP contribution in [0.15, 0.2) is 48.8 Å². The summed E-state index contributed by atoms with van der Waals surface area (Å²) in [5.41, 5.74) is 3.44. The molecule has 0 radical (unpaired) electrons. The number of aromatic nitrogens is 2. The fourth-order valence-electron chi connectivity index (χ4n) is 3.76. The maximum absolute atomic E-state index is 12.6. The highest BCUT2D eigenvalue weighted by atomic mass is 16.5. The molecule has 0 aliphatic carbocycles. The number of benzene rings is 1. The van der Waals surface area contributed by atoms with Crippen molar-refractivity contribution in [3.05, 3.63) is 65.6 Å². The number of amides is 1. The number of nitrogens with zero attached hydrogens (tertiary/aromatic N) is 3. The first-order valence-electron chi connectivity index (χ1n) is 10.7. The molecule has 31 heavy (non-hydrogen) atoms. The number of carbonyl (C=O) groups is 1. The molecule has 0 atom stereocenters. The van der Waals surface area contributed by atoms with E-state index in [4.69, 9.17) is 9.47 Å². The van der Waals surface area contributed by atoms with Crippen molar-refractivity contribution < 1.29 is 14.3 Å². The predicted molar refractivity (Wildman–Crippen MR) is 120 cm³/mol. The highest BCUT2D eigenvalue weighted by Gasteiger charge is 2.28. The van der Waals surface area contributed by atoms with E-state index in [1.165, 1.54) is 5.56 Å². The topological polar surface area (TPSA) is 68.1 Å². The van der Waals surface area contributed by atoms with E-state index in [9.17, 15) is 4.79 Å². The predicted octanol–water partition coefficient (Wildman–Crippen LogP) is 3.06. The highest BCUT2D eigenvalue weighted by Crippen LogP contribution is 2.17. The second kappa shape index (κ2) is 9.08. The number of aryl methyl sites for hydroxylation is 1. The van der Waals surface area contributed by atoms with Gasteiger partial charge in [0.25, 0.3) is 5.91 Å². The van der Waals surface area contributed by atoms with Gasteiger partial charge in [0.1, 0.15) is 18.0 Å². The zero-order valence-electron chi connectivity index (χ0n) is 18.4. The summed E-state index contributed by atoms with van der Waals surface area (Å²) in [5, 5.41) is 3.06. The minimum atomic E-state index is -0.116. The molecule has 0 bridgehead atoms. The van der Waals surface area contributed by atoms with Crippen molar-refractivity contribution in [3.63, 3.8) is 0 Å². The van der Waals surface area contributed by atoms with Crippen LogP contribution in [0, 0.1) is 6.92 Å². The first kappa shape index (κ1) is 21.3. The number of carbonyl (C=O) groups excluding carboxylic acids is 1. The van der Waals surface area contributed by atoms with Gasteiger partial charge in [-0.3, -0.25) is 9.69 Å². The molecule has 1 aromatic carbocycles. The van der Waals surface area contributed by atoms with E-state index in [0.717, 1.165) is 37.6 Å². The first-order chi connectivity index (χ1) is 14.9. The quantitative estimate of drug-likeness (QED) is 0.634. The van der Waals surface area contributed by atoms with Gasteiger partial charge in [-0.25, -0.2) is 4.98 Å². The largest absolute Gasteiger partial charge is 0.487 e. The van der Waals surface area contributed by atoms with Crippen LogP contribution in [0.3, 0.4) is 0 Å². The third-order valence-electron chi connectivity index (χ3n) is 5.70. The average molecular weight is 423 g/mol. The van der Waals surface area contributed by atoms with Crippen LogP contribution < -0.4 is 10.1 Å². The summed E-state index contributed by atoms with van der Waals surface area (Å²) >= 11 is 0. The minimum Gasteiger partial charge on any atom is -0.487 e. The van der Waals surface area contributed by atoms with Gasteiger partial charge in [0.05, 0.1) is 18.9 Å². The van der Waals surface area contributed by atoms with Crippen molar-refractivity contribution in [3.8, 4) is 5.75 Å². The molecule has 7 nitrogen and oxygen atoms in total. The molecule has 0 unspecified atom stereocenters. The van der Waals surface area contributed by atoms with Gasteiger partial charge in [-0.2, -0.15) is 0 Å². The summed E-state index contributed by atoms with van der Waals surface area (Å²) in [6.07, 6.45) is 4.01. The van der Waals surface area contributed by atoms with Crippen LogP contribution in [-0.2, 0) is 11.3 Å². The lowest BCUT2D eigenvalue weighted by molar-refractivity contribution is -0.00923. The second-order valence-electron chi connectivity index (χ2n) is 8.61. The van der Waals surface area contributed by atoms with Crippen molar-refractivity contribution in [1.29, 1.82) is 0 Å². The molecule has 1 aliphatic heterocycles. The number of rotatable bonds is 7. The highest BCUT2D eigenvalue weighted by molar-refractivity contribution is 5.94. The Kier molecular flexibility index (Phi) is 6.25. The van der Waals surface area contributed by atoms with E-state index in [0.29, 0.717) is 24.5 Å². The molecule has 1 saturated heterocycles. The summed E-state index contributed by atoms with van der Waals surface area (Å²) in [6, 6.07) is 11.3. The average Bonchev–Trinajstić information content (AvgIpc) is 3.19. The SMILES string of the molecule is Cc1ccc2nc(COc3ccc(C(=O)NCC(C)(C)N4CCOCC4)cc3)cn2c1. The molecule has 164 valence electrons. The van der Waals surface area contributed by atoms with Crippen LogP contribution in [0.5, 0.6) is 5.75 Å².